The van der Waals surface area contributed by atoms with Crippen LogP contribution in [-0.2, 0) is 13.5 Å². The SMILES string of the molecule is CN(C)c1cccc(C(O)Cc2cn(C)nn2)c1. The van der Waals surface area contributed by atoms with Gasteiger partial charge in [0.05, 0.1) is 11.8 Å². The second kappa shape index (κ2) is 5.18. The van der Waals surface area contributed by atoms with Crippen LogP contribution in [-0.4, -0.2) is 34.2 Å². The summed E-state index contributed by atoms with van der Waals surface area (Å²) in [5.41, 5.74) is 2.76. The first-order valence-corrected chi connectivity index (χ1v) is 5.87. The number of rotatable bonds is 4. The van der Waals surface area contributed by atoms with E-state index >= 15 is 0 Å². The zero-order valence-electron chi connectivity index (χ0n) is 10.9. The van der Waals surface area contributed by atoms with Crippen molar-refractivity contribution in [1.82, 2.24) is 15.0 Å². The van der Waals surface area contributed by atoms with Crippen LogP contribution in [0.15, 0.2) is 30.5 Å². The Morgan fingerprint density at radius 2 is 2.17 bits per heavy atom. The van der Waals surface area contributed by atoms with Gasteiger partial charge in [-0.3, -0.25) is 4.68 Å². The average molecular weight is 246 g/mol. The van der Waals surface area contributed by atoms with E-state index in [1.54, 1.807) is 4.68 Å². The largest absolute Gasteiger partial charge is 0.388 e. The summed E-state index contributed by atoms with van der Waals surface area (Å²) in [6.45, 7) is 0. The van der Waals surface area contributed by atoms with E-state index in [-0.39, 0.29) is 0 Å². The lowest BCUT2D eigenvalue weighted by Crippen LogP contribution is -2.10. The van der Waals surface area contributed by atoms with Crippen LogP contribution >= 0.6 is 0 Å². The Morgan fingerprint density at radius 3 is 2.78 bits per heavy atom. The Balaban J connectivity index is 2.13. The number of aryl methyl sites for hydroxylation is 1. The van der Waals surface area contributed by atoms with Gasteiger partial charge in [0.1, 0.15) is 0 Å². The first-order valence-electron chi connectivity index (χ1n) is 5.87. The molecule has 96 valence electrons. The Kier molecular flexibility index (Phi) is 3.62. The minimum Gasteiger partial charge on any atom is -0.388 e. The molecule has 0 saturated heterocycles. The van der Waals surface area contributed by atoms with Gasteiger partial charge < -0.3 is 10.0 Å². The maximum absolute atomic E-state index is 10.2. The Bertz CT molecular complexity index is 521. The molecule has 5 nitrogen and oxygen atoms in total. The second-order valence-corrected chi connectivity index (χ2v) is 4.59. The van der Waals surface area contributed by atoms with Crippen LogP contribution in [0.5, 0.6) is 0 Å². The van der Waals surface area contributed by atoms with Crippen molar-refractivity contribution in [2.75, 3.05) is 19.0 Å². The molecule has 0 aliphatic heterocycles. The maximum Gasteiger partial charge on any atom is 0.0856 e. The molecule has 1 N–H and O–H groups in total. The fourth-order valence-corrected chi connectivity index (χ4v) is 1.82. The van der Waals surface area contributed by atoms with Crippen LogP contribution in [0.4, 0.5) is 5.69 Å². The van der Waals surface area contributed by atoms with Gasteiger partial charge in [-0.05, 0) is 17.7 Å². The number of hydrogen-bond acceptors (Lipinski definition) is 4. The monoisotopic (exact) mass is 246 g/mol. The van der Waals surface area contributed by atoms with Crippen LogP contribution in [0.25, 0.3) is 0 Å². The van der Waals surface area contributed by atoms with E-state index < -0.39 is 6.10 Å². The maximum atomic E-state index is 10.2. The predicted octanol–water partition coefficient (Wildman–Crippen LogP) is 1.16. The van der Waals surface area contributed by atoms with Crippen molar-refractivity contribution >= 4 is 5.69 Å². The lowest BCUT2D eigenvalue weighted by atomic mass is 10.0. The number of anilines is 1. The first-order chi connectivity index (χ1) is 8.56. The molecule has 1 unspecified atom stereocenters. The number of aliphatic hydroxyl groups excluding tert-OH is 1. The van der Waals surface area contributed by atoms with Gasteiger partial charge in [-0.2, -0.15) is 0 Å². The van der Waals surface area contributed by atoms with Gasteiger partial charge in [0, 0.05) is 39.4 Å². The minimum absolute atomic E-state index is 0.477. The average Bonchev–Trinajstić information content (AvgIpc) is 2.75. The van der Waals surface area contributed by atoms with Gasteiger partial charge in [-0.15, -0.1) is 5.10 Å². The van der Waals surface area contributed by atoms with E-state index in [9.17, 15) is 5.11 Å². The van der Waals surface area contributed by atoms with Gasteiger partial charge in [-0.25, -0.2) is 0 Å². The Hall–Kier alpha value is -1.88. The van der Waals surface area contributed by atoms with Crippen LogP contribution in [0.2, 0.25) is 0 Å². The number of aliphatic hydroxyl groups is 1. The van der Waals surface area contributed by atoms with Gasteiger partial charge in [-0.1, -0.05) is 17.3 Å². The predicted molar refractivity (Wildman–Crippen MR) is 70.4 cm³/mol. The molecule has 0 bridgehead atoms. The first kappa shape index (κ1) is 12.6. The van der Waals surface area contributed by atoms with Crippen LogP contribution in [0.3, 0.4) is 0 Å². The zero-order valence-corrected chi connectivity index (χ0v) is 10.9. The second-order valence-electron chi connectivity index (χ2n) is 4.59. The summed E-state index contributed by atoms with van der Waals surface area (Å²) >= 11 is 0. The highest BCUT2D eigenvalue weighted by Crippen LogP contribution is 2.21. The molecular formula is C13H18N4O. The van der Waals surface area contributed by atoms with Crippen LogP contribution in [0.1, 0.15) is 17.4 Å². The van der Waals surface area contributed by atoms with Crippen LogP contribution in [0, 0.1) is 0 Å². The highest BCUT2D eigenvalue weighted by molar-refractivity contribution is 5.47. The summed E-state index contributed by atoms with van der Waals surface area (Å²) in [5.74, 6) is 0. The van der Waals surface area contributed by atoms with Crippen molar-refractivity contribution in [3.8, 4) is 0 Å². The van der Waals surface area contributed by atoms with Crippen molar-refractivity contribution < 1.29 is 5.11 Å². The van der Waals surface area contributed by atoms with Gasteiger partial charge in [0.2, 0.25) is 0 Å². The third-order valence-corrected chi connectivity index (χ3v) is 2.82. The van der Waals surface area contributed by atoms with E-state index in [1.807, 2.05) is 56.5 Å². The number of nitrogens with zero attached hydrogens (tertiary/aromatic N) is 4. The number of hydrogen-bond donors (Lipinski definition) is 1. The van der Waals surface area contributed by atoms with Crippen molar-refractivity contribution in [2.24, 2.45) is 7.05 Å². The molecule has 0 spiro atoms. The lowest BCUT2D eigenvalue weighted by Gasteiger charge is -2.15. The van der Waals surface area contributed by atoms with E-state index in [0.29, 0.717) is 6.42 Å². The summed E-state index contributed by atoms with van der Waals surface area (Å²) in [4.78, 5) is 2.01. The van der Waals surface area contributed by atoms with E-state index in [2.05, 4.69) is 10.3 Å². The van der Waals surface area contributed by atoms with Crippen molar-refractivity contribution in [3.63, 3.8) is 0 Å². The fourth-order valence-electron chi connectivity index (χ4n) is 1.82. The van der Waals surface area contributed by atoms with Crippen LogP contribution < -0.4 is 4.90 Å². The summed E-state index contributed by atoms with van der Waals surface area (Å²) in [5, 5.41) is 18.0. The van der Waals surface area contributed by atoms with E-state index in [4.69, 9.17) is 0 Å². The fraction of sp³-hybridized carbons (Fsp3) is 0.385. The van der Waals surface area contributed by atoms with Crippen molar-refractivity contribution in [1.29, 1.82) is 0 Å². The normalized spacial score (nSPS) is 12.4. The van der Waals surface area contributed by atoms with Crippen molar-refractivity contribution in [3.05, 3.63) is 41.7 Å². The third-order valence-electron chi connectivity index (χ3n) is 2.82. The zero-order chi connectivity index (χ0) is 13.1. The molecule has 0 saturated carbocycles. The smallest absolute Gasteiger partial charge is 0.0856 e. The third kappa shape index (κ3) is 2.87. The van der Waals surface area contributed by atoms with E-state index in [0.717, 1.165) is 16.9 Å². The molecule has 5 heteroatoms. The molecule has 1 aromatic heterocycles. The molecule has 1 aromatic carbocycles. The van der Waals surface area contributed by atoms with Crippen molar-refractivity contribution in [2.45, 2.75) is 12.5 Å². The van der Waals surface area contributed by atoms with Gasteiger partial charge in [0.15, 0.2) is 0 Å². The molecule has 0 fully saturated rings. The van der Waals surface area contributed by atoms with Gasteiger partial charge >= 0.3 is 0 Å². The summed E-state index contributed by atoms with van der Waals surface area (Å²) in [6, 6.07) is 7.87. The van der Waals surface area contributed by atoms with Gasteiger partial charge in [0.25, 0.3) is 0 Å². The summed E-state index contributed by atoms with van der Waals surface area (Å²) in [7, 11) is 5.78. The minimum atomic E-state index is -0.554. The Labute approximate surface area is 107 Å². The highest BCUT2D eigenvalue weighted by Gasteiger charge is 2.11. The molecule has 1 atom stereocenters. The molecule has 0 amide bonds. The lowest BCUT2D eigenvalue weighted by molar-refractivity contribution is 0.177. The Morgan fingerprint density at radius 1 is 1.39 bits per heavy atom. The summed E-state index contributed by atoms with van der Waals surface area (Å²) < 4.78 is 1.64. The van der Waals surface area contributed by atoms with E-state index in [1.165, 1.54) is 0 Å². The quantitative estimate of drug-likeness (QED) is 0.879. The molecule has 2 rings (SSSR count). The molecule has 0 radical (unpaired) electrons. The molecule has 18 heavy (non-hydrogen) atoms. The summed E-state index contributed by atoms with van der Waals surface area (Å²) in [6.07, 6.45) is 1.74. The number of aromatic nitrogens is 3. The molecule has 0 aliphatic carbocycles. The number of benzene rings is 1. The molecule has 1 heterocycles. The standard InChI is InChI=1S/C13H18N4O/c1-16(2)12-6-4-5-10(7-12)13(18)8-11-9-17(3)15-14-11/h4-7,9,13,18H,8H2,1-3H3. The topological polar surface area (TPSA) is 54.2 Å². The molecule has 2 aromatic rings. The molecular weight excluding hydrogens is 228 g/mol. The highest BCUT2D eigenvalue weighted by atomic mass is 16.3. The molecule has 0 aliphatic rings.